The average molecular weight is 337 g/mol. The van der Waals surface area contributed by atoms with Crippen molar-refractivity contribution >= 4 is 22.4 Å². The summed E-state index contributed by atoms with van der Waals surface area (Å²) in [5.41, 5.74) is 2.73. The lowest BCUT2D eigenvalue weighted by Gasteiger charge is -2.20. The van der Waals surface area contributed by atoms with Gasteiger partial charge in [-0.15, -0.1) is 0 Å². The fourth-order valence-electron chi connectivity index (χ4n) is 3.23. The lowest BCUT2D eigenvalue weighted by atomic mass is 10.0. The highest BCUT2D eigenvalue weighted by molar-refractivity contribution is 5.94. The molecule has 1 amide bonds. The number of likely N-dealkylation sites (tertiary alicyclic amines) is 1. The van der Waals surface area contributed by atoms with E-state index in [2.05, 4.69) is 18.0 Å². The molecule has 2 aromatic carbocycles. The largest absolute Gasteiger partial charge is 0.376 e. The van der Waals surface area contributed by atoms with Crippen LogP contribution >= 0.6 is 0 Å². The van der Waals surface area contributed by atoms with Crippen molar-refractivity contribution in [3.05, 3.63) is 54.1 Å². The maximum atomic E-state index is 13.5. The Morgan fingerprint density at radius 2 is 2.24 bits per heavy atom. The molecule has 0 aliphatic carbocycles. The van der Waals surface area contributed by atoms with E-state index in [-0.39, 0.29) is 25.4 Å². The SMILES string of the molecule is C=C(NCC(=O)N1CC(F)CC1C#N)c1cccc2cc(C)ccc12. The zero-order chi connectivity index (χ0) is 18.0. The molecule has 5 heteroatoms. The van der Waals surface area contributed by atoms with Gasteiger partial charge in [-0.2, -0.15) is 5.26 Å². The number of amides is 1. The maximum Gasteiger partial charge on any atom is 0.243 e. The van der Waals surface area contributed by atoms with Crippen molar-refractivity contribution in [2.45, 2.75) is 25.6 Å². The van der Waals surface area contributed by atoms with Crippen LogP contribution < -0.4 is 5.32 Å². The minimum atomic E-state index is -1.13. The van der Waals surface area contributed by atoms with Crippen molar-refractivity contribution in [3.8, 4) is 6.07 Å². The molecule has 0 saturated carbocycles. The zero-order valence-corrected chi connectivity index (χ0v) is 14.1. The Hall–Kier alpha value is -2.87. The van der Waals surface area contributed by atoms with Gasteiger partial charge in [0.2, 0.25) is 5.91 Å². The highest BCUT2D eigenvalue weighted by Gasteiger charge is 2.35. The number of nitrogens with zero attached hydrogens (tertiary/aromatic N) is 2. The second kappa shape index (κ2) is 6.94. The third-order valence-corrected chi connectivity index (χ3v) is 4.53. The van der Waals surface area contributed by atoms with Gasteiger partial charge >= 0.3 is 0 Å². The van der Waals surface area contributed by atoms with E-state index in [1.807, 2.05) is 43.3 Å². The molecule has 1 saturated heterocycles. The van der Waals surface area contributed by atoms with Crippen molar-refractivity contribution in [1.82, 2.24) is 10.2 Å². The Morgan fingerprint density at radius 1 is 1.44 bits per heavy atom. The van der Waals surface area contributed by atoms with Crippen molar-refractivity contribution < 1.29 is 9.18 Å². The van der Waals surface area contributed by atoms with Crippen molar-refractivity contribution in [3.63, 3.8) is 0 Å². The van der Waals surface area contributed by atoms with Gasteiger partial charge in [-0.05, 0) is 17.7 Å². The topological polar surface area (TPSA) is 56.1 Å². The van der Waals surface area contributed by atoms with Gasteiger partial charge in [0.25, 0.3) is 0 Å². The molecule has 25 heavy (non-hydrogen) atoms. The fourth-order valence-corrected chi connectivity index (χ4v) is 3.23. The molecular weight excluding hydrogens is 317 g/mol. The maximum absolute atomic E-state index is 13.5. The number of carbonyl (C=O) groups excluding carboxylic acids is 1. The van der Waals surface area contributed by atoms with Crippen LogP contribution in [-0.2, 0) is 4.79 Å². The van der Waals surface area contributed by atoms with Crippen LogP contribution in [0.3, 0.4) is 0 Å². The standard InChI is InChI=1S/C20H20FN3O/c1-13-6-7-19-15(8-13)4-3-5-18(19)14(2)23-11-20(25)24-12-16(21)9-17(24)10-22/h3-8,16-17,23H,2,9,11-12H2,1H3. The van der Waals surface area contributed by atoms with Gasteiger partial charge in [-0.3, -0.25) is 4.79 Å². The minimum Gasteiger partial charge on any atom is -0.376 e. The Labute approximate surface area is 146 Å². The second-order valence-corrected chi connectivity index (χ2v) is 6.39. The van der Waals surface area contributed by atoms with E-state index in [9.17, 15) is 9.18 Å². The van der Waals surface area contributed by atoms with Crippen molar-refractivity contribution in [2.24, 2.45) is 0 Å². The number of hydrogen-bond acceptors (Lipinski definition) is 3. The molecule has 1 fully saturated rings. The van der Waals surface area contributed by atoms with Crippen molar-refractivity contribution in [1.29, 1.82) is 5.26 Å². The summed E-state index contributed by atoms with van der Waals surface area (Å²) in [4.78, 5) is 13.6. The number of benzene rings is 2. The number of carbonyl (C=O) groups is 1. The molecule has 2 atom stereocenters. The summed E-state index contributed by atoms with van der Waals surface area (Å²) in [6, 6.07) is 13.4. The Kier molecular flexibility index (Phi) is 4.71. The normalized spacial score (nSPS) is 19.6. The van der Waals surface area contributed by atoms with E-state index >= 15 is 0 Å². The van der Waals surface area contributed by atoms with Gasteiger partial charge < -0.3 is 10.2 Å². The number of aryl methyl sites for hydroxylation is 1. The molecule has 128 valence electrons. The average Bonchev–Trinajstić information content (AvgIpc) is 2.99. The number of fused-ring (bicyclic) bond motifs is 1. The molecule has 0 radical (unpaired) electrons. The van der Waals surface area contributed by atoms with Crippen LogP contribution in [0.1, 0.15) is 17.5 Å². The smallest absolute Gasteiger partial charge is 0.243 e. The molecule has 3 rings (SSSR count). The van der Waals surface area contributed by atoms with Crippen LogP contribution in [-0.4, -0.2) is 36.1 Å². The van der Waals surface area contributed by atoms with Gasteiger partial charge in [0.05, 0.1) is 19.2 Å². The van der Waals surface area contributed by atoms with Gasteiger partial charge in [-0.25, -0.2) is 4.39 Å². The Balaban J connectivity index is 1.71. The van der Waals surface area contributed by atoms with Crippen LogP contribution in [0, 0.1) is 18.3 Å². The van der Waals surface area contributed by atoms with E-state index in [1.165, 1.54) is 10.5 Å². The van der Waals surface area contributed by atoms with Crippen LogP contribution in [0.15, 0.2) is 43.0 Å². The van der Waals surface area contributed by atoms with E-state index in [1.54, 1.807) is 0 Å². The van der Waals surface area contributed by atoms with Crippen LogP contribution in [0.4, 0.5) is 4.39 Å². The quantitative estimate of drug-likeness (QED) is 0.932. The van der Waals surface area contributed by atoms with Gasteiger partial charge in [0, 0.05) is 17.7 Å². The summed E-state index contributed by atoms with van der Waals surface area (Å²) >= 11 is 0. The highest BCUT2D eigenvalue weighted by atomic mass is 19.1. The first-order valence-corrected chi connectivity index (χ1v) is 8.25. The summed E-state index contributed by atoms with van der Waals surface area (Å²) in [6.45, 7) is 6.05. The second-order valence-electron chi connectivity index (χ2n) is 6.39. The van der Waals surface area contributed by atoms with Gasteiger partial charge in [0.15, 0.2) is 0 Å². The third kappa shape index (κ3) is 3.48. The lowest BCUT2D eigenvalue weighted by molar-refractivity contribution is -0.130. The number of rotatable bonds is 4. The number of nitriles is 1. The van der Waals surface area contributed by atoms with E-state index < -0.39 is 12.2 Å². The predicted molar refractivity (Wildman–Crippen MR) is 96.3 cm³/mol. The molecule has 4 nitrogen and oxygen atoms in total. The fraction of sp³-hybridized carbons (Fsp3) is 0.300. The van der Waals surface area contributed by atoms with Crippen LogP contribution in [0.5, 0.6) is 0 Å². The summed E-state index contributed by atoms with van der Waals surface area (Å²) in [5, 5.41) is 14.2. The predicted octanol–water partition coefficient (Wildman–Crippen LogP) is 3.17. The number of hydrogen-bond donors (Lipinski definition) is 1. The van der Waals surface area contributed by atoms with Crippen LogP contribution in [0.2, 0.25) is 0 Å². The molecular formula is C20H20FN3O. The lowest BCUT2D eigenvalue weighted by Crippen LogP contribution is -2.40. The molecule has 2 unspecified atom stereocenters. The van der Waals surface area contributed by atoms with E-state index in [4.69, 9.17) is 5.26 Å². The first-order valence-electron chi connectivity index (χ1n) is 8.25. The van der Waals surface area contributed by atoms with Crippen molar-refractivity contribution in [2.75, 3.05) is 13.1 Å². The Bertz CT molecular complexity index is 871. The first kappa shape index (κ1) is 17.0. The number of halogens is 1. The molecule has 1 aliphatic heterocycles. The Morgan fingerprint density at radius 3 is 3.00 bits per heavy atom. The molecule has 1 N–H and O–H groups in total. The monoisotopic (exact) mass is 337 g/mol. The molecule has 0 aromatic heterocycles. The van der Waals surface area contributed by atoms with E-state index in [0.29, 0.717) is 5.70 Å². The molecule has 1 heterocycles. The molecule has 0 spiro atoms. The summed E-state index contributed by atoms with van der Waals surface area (Å²) in [7, 11) is 0. The van der Waals surface area contributed by atoms with E-state index in [0.717, 1.165) is 16.3 Å². The summed E-state index contributed by atoms with van der Waals surface area (Å²) in [6.07, 6.45) is -1.04. The zero-order valence-electron chi connectivity index (χ0n) is 14.1. The molecule has 2 aromatic rings. The van der Waals surface area contributed by atoms with Gasteiger partial charge in [0.1, 0.15) is 12.2 Å². The summed E-state index contributed by atoms with van der Waals surface area (Å²) in [5.74, 6) is -0.288. The van der Waals surface area contributed by atoms with Gasteiger partial charge in [-0.1, -0.05) is 48.5 Å². The van der Waals surface area contributed by atoms with Crippen LogP contribution in [0.25, 0.3) is 16.5 Å². The molecule has 0 bridgehead atoms. The first-order chi connectivity index (χ1) is 12.0. The molecule has 1 aliphatic rings. The minimum absolute atomic E-state index is 0.00795. The third-order valence-electron chi connectivity index (χ3n) is 4.53. The highest BCUT2D eigenvalue weighted by Crippen LogP contribution is 2.24. The number of nitrogens with one attached hydrogen (secondary N) is 1. The number of alkyl halides is 1. The summed E-state index contributed by atoms with van der Waals surface area (Å²) < 4.78 is 13.5.